The van der Waals surface area contributed by atoms with Gasteiger partial charge < -0.3 is 28.4 Å². The van der Waals surface area contributed by atoms with E-state index >= 15 is 0 Å². The van der Waals surface area contributed by atoms with Gasteiger partial charge in [-0.1, -0.05) is 504 Å². The fraction of sp³-hybridized carbons (Fsp3) is 0.829. The SMILES string of the molecule is CCCC(C)CCCCC(CCC(C)CCC)COc1cc(OCC(CCCCC(C)CCC)CCC(C)CCC)c(C=Cc2ccc(C=Cc3c(OCC(CCCCC(C)CCC)CCC(C)CCC)cc(OCC(CCCCC(C)CC)CCC(C)CCC)cc3OCC(CCCCC(C)CCC)CCC(C)CCC)cc2)c(OCC(CCCCC(C)CCC)CCC(C)CCC)c1. The van der Waals surface area contributed by atoms with Crippen LogP contribution in [-0.2, 0) is 0 Å². The lowest BCUT2D eigenvalue weighted by Gasteiger charge is -2.24. The maximum atomic E-state index is 7.59. The summed E-state index contributed by atoms with van der Waals surface area (Å²) in [6, 6.07) is 18.5. The number of unbranched alkanes of at least 4 members (excludes halogenated alkanes) is 6. The molecule has 0 saturated carbocycles. The van der Waals surface area contributed by atoms with Gasteiger partial charge in [0.2, 0.25) is 0 Å². The third-order valence-electron chi connectivity index (χ3n) is 31.9. The number of hydrogen-bond acceptors (Lipinski definition) is 6. The second-order valence-corrected chi connectivity index (χ2v) is 46.6. The molecule has 0 radical (unpaired) electrons. The van der Waals surface area contributed by atoms with Crippen LogP contribution in [0.1, 0.15) is 567 Å². The summed E-state index contributed by atoms with van der Waals surface area (Å²) in [6.07, 6.45) is 83.9. The highest BCUT2D eigenvalue weighted by molar-refractivity contribution is 5.79. The summed E-state index contributed by atoms with van der Waals surface area (Å²) in [4.78, 5) is 0. The van der Waals surface area contributed by atoms with Gasteiger partial charge in [-0.05, 0) is 207 Å². The van der Waals surface area contributed by atoms with E-state index in [1.54, 1.807) is 0 Å². The van der Waals surface area contributed by atoms with Crippen LogP contribution in [-0.4, -0.2) is 39.6 Å². The summed E-state index contributed by atoms with van der Waals surface area (Å²) in [5, 5.41) is 0. The molecule has 0 heterocycles. The Bertz CT molecular complexity index is 3080. The van der Waals surface area contributed by atoms with Crippen molar-refractivity contribution in [3.8, 4) is 34.5 Å². The Labute approximate surface area is 843 Å². The van der Waals surface area contributed by atoms with E-state index in [0.29, 0.717) is 85.6 Å². The minimum absolute atomic E-state index is 0.462. The summed E-state index contributed by atoms with van der Waals surface area (Å²) in [6.45, 7) is 62.2. The molecule has 0 aliphatic heterocycles. The van der Waals surface area contributed by atoms with E-state index in [9.17, 15) is 0 Å². The van der Waals surface area contributed by atoms with Crippen LogP contribution in [0.15, 0.2) is 48.5 Å². The van der Waals surface area contributed by atoms with Gasteiger partial charge in [0.25, 0.3) is 0 Å². The van der Waals surface area contributed by atoms with Crippen LogP contribution in [0.5, 0.6) is 34.5 Å². The highest BCUT2D eigenvalue weighted by Gasteiger charge is 2.26. The fourth-order valence-electron chi connectivity index (χ4n) is 22.2. The Kier molecular flexibility index (Phi) is 75.4. The molecule has 0 saturated heterocycles. The molecule has 784 valence electrons. The van der Waals surface area contributed by atoms with Crippen LogP contribution in [0, 0.1) is 107 Å². The second kappa shape index (κ2) is 81.4. The predicted octanol–water partition coefficient (Wildman–Crippen LogP) is 42.9. The summed E-state index contributed by atoms with van der Waals surface area (Å²) in [5.74, 6) is 17.2. The molecule has 0 aliphatic carbocycles. The van der Waals surface area contributed by atoms with E-state index < -0.39 is 0 Å². The average Bonchev–Trinajstić information content (AvgIpc) is 0.818. The molecule has 0 N–H and O–H groups in total. The number of rotatable bonds is 93. The fourth-order valence-corrected chi connectivity index (χ4v) is 22.2. The highest BCUT2D eigenvalue weighted by atomic mass is 16.5. The standard InChI is InChI=1S/C129H232O6/c1-25-49-103(14)61-38-44-67-117(79-73-109(20)55-31-7)97-131-123-94-128(134-100-120(82-76-112(23)58-34-10)70-47-41-64-106(17)52-28-4)125(129(95-123)135-101-121(83-77-113(24)59-35-11)71-48-42-65-107(18)53-29-5)91-89-115-86-84-114(85-87-115)88-90-124-126(132-98-118(80-74-110(21)56-32-8)68-45-39-62-104(15)50-26-2)92-122(130-96-116(78-72-108(19)54-30-6)66-43-37-60-102(13)36-12)93-127(124)133-99-119(81-75-111(22)57-33-9)69-46-40-63-105(16)51-27-3/h84-95,102-113,116-121H,25-83,96-101H2,1-24H3. The van der Waals surface area contributed by atoms with Crippen molar-refractivity contribution in [1.29, 1.82) is 0 Å². The molecule has 18 unspecified atom stereocenters. The molecule has 6 nitrogen and oxygen atoms in total. The van der Waals surface area contributed by atoms with Gasteiger partial charge in [-0.25, -0.2) is 0 Å². The topological polar surface area (TPSA) is 55.4 Å². The molecule has 0 fully saturated rings. The average molecular weight is 1880 g/mol. The number of ether oxygens (including phenoxy) is 6. The van der Waals surface area contributed by atoms with E-state index in [-0.39, 0.29) is 0 Å². The van der Waals surface area contributed by atoms with E-state index in [1.807, 2.05) is 0 Å². The Hall–Kier alpha value is -4.06. The first kappa shape index (κ1) is 125. The van der Waals surface area contributed by atoms with Crippen LogP contribution in [0.2, 0.25) is 0 Å². The van der Waals surface area contributed by atoms with E-state index in [2.05, 4.69) is 239 Å². The molecular weight excluding hydrogens is 1650 g/mol. The predicted molar refractivity (Wildman–Crippen MR) is 602 cm³/mol. The molecule has 3 rings (SSSR count). The minimum atomic E-state index is 0.462. The zero-order valence-electron chi connectivity index (χ0n) is 94.7. The minimum Gasteiger partial charge on any atom is -0.493 e. The second-order valence-electron chi connectivity index (χ2n) is 46.6. The lowest BCUT2D eigenvalue weighted by Crippen LogP contribution is -2.17. The quantitative estimate of drug-likeness (QED) is 0.0415. The molecule has 18 atom stereocenters. The Balaban J connectivity index is 2.56. The first-order valence-electron chi connectivity index (χ1n) is 60.0. The van der Waals surface area contributed by atoms with Crippen molar-refractivity contribution in [3.05, 3.63) is 70.8 Å². The van der Waals surface area contributed by atoms with E-state index in [4.69, 9.17) is 28.4 Å². The van der Waals surface area contributed by atoms with Gasteiger partial charge in [-0.15, -0.1) is 0 Å². The molecule has 3 aromatic carbocycles. The van der Waals surface area contributed by atoms with Crippen LogP contribution in [0.25, 0.3) is 24.3 Å². The number of benzene rings is 3. The van der Waals surface area contributed by atoms with Crippen LogP contribution < -0.4 is 28.4 Å². The molecule has 0 spiro atoms. The molecule has 0 aromatic heterocycles. The Morgan fingerprint density at radius 3 is 0.519 bits per heavy atom. The molecule has 0 amide bonds. The molecule has 0 bridgehead atoms. The zero-order valence-corrected chi connectivity index (χ0v) is 94.7. The Morgan fingerprint density at radius 1 is 0.178 bits per heavy atom. The molecule has 135 heavy (non-hydrogen) atoms. The molecule has 6 heteroatoms. The third kappa shape index (κ3) is 62.2. The van der Waals surface area contributed by atoms with Crippen molar-refractivity contribution >= 4 is 24.3 Å². The summed E-state index contributed by atoms with van der Waals surface area (Å²) < 4.78 is 45.0. The largest absolute Gasteiger partial charge is 0.493 e. The van der Waals surface area contributed by atoms with Crippen molar-refractivity contribution in [2.24, 2.45) is 107 Å². The van der Waals surface area contributed by atoms with Gasteiger partial charge >= 0.3 is 0 Å². The molecular formula is C129H232O6. The van der Waals surface area contributed by atoms with Crippen molar-refractivity contribution in [2.75, 3.05) is 39.6 Å². The van der Waals surface area contributed by atoms with Crippen LogP contribution in [0.4, 0.5) is 0 Å². The van der Waals surface area contributed by atoms with E-state index in [0.717, 1.165) is 117 Å². The van der Waals surface area contributed by atoms with Gasteiger partial charge in [0.15, 0.2) is 0 Å². The molecule has 3 aromatic rings. The molecule has 0 aliphatic rings. The zero-order chi connectivity index (χ0) is 98.9. The smallest absolute Gasteiger partial charge is 0.133 e. The van der Waals surface area contributed by atoms with Gasteiger partial charge in [0, 0.05) is 24.3 Å². The summed E-state index contributed by atoms with van der Waals surface area (Å²) in [5.41, 5.74) is 4.37. The van der Waals surface area contributed by atoms with Gasteiger partial charge in [-0.2, -0.15) is 0 Å². The highest BCUT2D eigenvalue weighted by Crippen LogP contribution is 2.43. The van der Waals surface area contributed by atoms with Crippen molar-refractivity contribution in [3.63, 3.8) is 0 Å². The normalized spacial score (nSPS) is 16.1. The number of hydrogen-bond donors (Lipinski definition) is 0. The van der Waals surface area contributed by atoms with E-state index in [1.165, 1.54) is 379 Å². The van der Waals surface area contributed by atoms with Crippen molar-refractivity contribution in [1.82, 2.24) is 0 Å². The first-order valence-corrected chi connectivity index (χ1v) is 60.0. The Morgan fingerprint density at radius 2 is 0.341 bits per heavy atom. The lowest BCUT2D eigenvalue weighted by molar-refractivity contribution is 0.199. The van der Waals surface area contributed by atoms with Gasteiger partial charge in [0.05, 0.1) is 50.8 Å². The van der Waals surface area contributed by atoms with Crippen molar-refractivity contribution < 1.29 is 28.4 Å². The summed E-state index contributed by atoms with van der Waals surface area (Å²) in [7, 11) is 0. The van der Waals surface area contributed by atoms with Gasteiger partial charge in [0.1, 0.15) is 34.5 Å². The first-order chi connectivity index (χ1) is 65.4. The maximum absolute atomic E-state index is 7.59. The van der Waals surface area contributed by atoms with Crippen LogP contribution in [0.3, 0.4) is 0 Å². The third-order valence-corrected chi connectivity index (χ3v) is 31.9. The monoisotopic (exact) mass is 1880 g/mol. The van der Waals surface area contributed by atoms with Crippen molar-refractivity contribution in [2.45, 2.75) is 545 Å². The van der Waals surface area contributed by atoms with Crippen LogP contribution >= 0.6 is 0 Å². The lowest BCUT2D eigenvalue weighted by atomic mass is 9.90. The summed E-state index contributed by atoms with van der Waals surface area (Å²) >= 11 is 0. The van der Waals surface area contributed by atoms with Gasteiger partial charge in [-0.3, -0.25) is 0 Å². The maximum Gasteiger partial charge on any atom is 0.133 e.